The van der Waals surface area contributed by atoms with Gasteiger partial charge in [0, 0.05) is 11.3 Å². The van der Waals surface area contributed by atoms with Gasteiger partial charge in [0.05, 0.1) is 6.20 Å². The first kappa shape index (κ1) is 17.9. The van der Waals surface area contributed by atoms with E-state index in [1.54, 1.807) is 24.4 Å². The molecule has 0 bridgehead atoms. The predicted octanol–water partition coefficient (Wildman–Crippen LogP) is 3.10. The maximum atomic E-state index is 12.5. The lowest BCUT2D eigenvalue weighted by molar-refractivity contribution is -0.144. The Labute approximate surface area is 152 Å². The number of nitrogens with one attached hydrogen (secondary N) is 1. The number of aryl methyl sites for hydroxylation is 1. The van der Waals surface area contributed by atoms with Gasteiger partial charge in [0.25, 0.3) is 5.91 Å². The zero-order valence-electron chi connectivity index (χ0n) is 14.7. The topological polar surface area (TPSA) is 88.5 Å². The molecule has 3 rings (SSSR count). The predicted molar refractivity (Wildman–Crippen MR) is 96.0 cm³/mol. The molecule has 136 valence electrons. The van der Waals surface area contributed by atoms with E-state index < -0.39 is 11.5 Å². The van der Waals surface area contributed by atoms with Gasteiger partial charge in [-0.3, -0.25) is 9.78 Å². The third-order valence-corrected chi connectivity index (χ3v) is 4.70. The number of carbonyl (C=O) groups is 2. The number of nitrogens with zero attached hydrogens (tertiary/aromatic N) is 1. The van der Waals surface area contributed by atoms with Crippen molar-refractivity contribution in [3.63, 3.8) is 0 Å². The third kappa shape index (κ3) is 4.02. The summed E-state index contributed by atoms with van der Waals surface area (Å²) in [6.07, 6.45) is 4.22. The molecule has 1 aliphatic carbocycles. The summed E-state index contributed by atoms with van der Waals surface area (Å²) in [5.41, 5.74) is 1.03. The Kier molecular flexibility index (Phi) is 5.21. The number of hydrogen-bond acceptors (Lipinski definition) is 4. The Bertz CT molecular complexity index is 796. The molecule has 1 heterocycles. The number of carboxylic acids is 1. The SMILES string of the molecule is Cc1ccc(OCc2cccc(C(=O)NC3(C(=O)O)CCCC3)c2)cn1. The Morgan fingerprint density at radius 3 is 2.65 bits per heavy atom. The summed E-state index contributed by atoms with van der Waals surface area (Å²) < 4.78 is 5.68. The largest absolute Gasteiger partial charge is 0.487 e. The Balaban J connectivity index is 1.67. The van der Waals surface area contributed by atoms with Gasteiger partial charge in [0.1, 0.15) is 17.9 Å². The smallest absolute Gasteiger partial charge is 0.329 e. The lowest BCUT2D eigenvalue weighted by Gasteiger charge is -2.25. The summed E-state index contributed by atoms with van der Waals surface area (Å²) >= 11 is 0. The molecule has 2 aromatic rings. The summed E-state index contributed by atoms with van der Waals surface area (Å²) in [4.78, 5) is 28.3. The molecule has 1 amide bonds. The van der Waals surface area contributed by atoms with Gasteiger partial charge in [0.15, 0.2) is 0 Å². The standard InChI is InChI=1S/C20H22N2O4/c1-14-7-8-17(12-21-14)26-13-15-5-4-6-16(11-15)18(23)22-20(19(24)25)9-2-3-10-20/h4-8,11-12H,2-3,9-10,13H2,1H3,(H,22,23)(H,24,25). The zero-order chi connectivity index (χ0) is 18.6. The fraction of sp³-hybridized carbons (Fsp3) is 0.350. The van der Waals surface area contributed by atoms with Crippen molar-refractivity contribution < 1.29 is 19.4 Å². The van der Waals surface area contributed by atoms with E-state index in [1.807, 2.05) is 25.1 Å². The highest BCUT2D eigenvalue weighted by Gasteiger charge is 2.42. The molecule has 0 saturated heterocycles. The van der Waals surface area contributed by atoms with Crippen LogP contribution in [-0.2, 0) is 11.4 Å². The van der Waals surface area contributed by atoms with E-state index in [0.717, 1.165) is 24.1 Å². The first-order valence-corrected chi connectivity index (χ1v) is 8.69. The average molecular weight is 354 g/mol. The van der Waals surface area contributed by atoms with Crippen LogP contribution >= 0.6 is 0 Å². The molecule has 0 unspecified atom stereocenters. The van der Waals surface area contributed by atoms with Gasteiger partial charge in [-0.1, -0.05) is 25.0 Å². The second-order valence-electron chi connectivity index (χ2n) is 6.67. The highest BCUT2D eigenvalue weighted by Crippen LogP contribution is 2.30. The summed E-state index contributed by atoms with van der Waals surface area (Å²) in [7, 11) is 0. The Hall–Kier alpha value is -2.89. The Morgan fingerprint density at radius 2 is 2.00 bits per heavy atom. The number of benzene rings is 1. The summed E-state index contributed by atoms with van der Waals surface area (Å²) in [6.45, 7) is 2.20. The van der Waals surface area contributed by atoms with Crippen molar-refractivity contribution in [3.8, 4) is 5.75 Å². The van der Waals surface area contributed by atoms with Crippen LogP contribution in [0.15, 0.2) is 42.6 Å². The number of ether oxygens (including phenoxy) is 1. The van der Waals surface area contributed by atoms with E-state index in [2.05, 4.69) is 10.3 Å². The van der Waals surface area contributed by atoms with Crippen LogP contribution in [0.25, 0.3) is 0 Å². The number of carboxylic acid groups (broad SMARTS) is 1. The average Bonchev–Trinajstić information content (AvgIpc) is 3.11. The molecule has 1 aromatic heterocycles. The zero-order valence-corrected chi connectivity index (χ0v) is 14.7. The summed E-state index contributed by atoms with van der Waals surface area (Å²) in [5.74, 6) is -0.677. The molecule has 0 radical (unpaired) electrons. The van der Waals surface area contributed by atoms with Crippen molar-refractivity contribution in [1.82, 2.24) is 10.3 Å². The van der Waals surface area contributed by atoms with Crippen molar-refractivity contribution in [2.45, 2.75) is 44.8 Å². The lowest BCUT2D eigenvalue weighted by Crippen LogP contribution is -2.52. The van der Waals surface area contributed by atoms with Gasteiger partial charge in [0.2, 0.25) is 0 Å². The molecule has 1 fully saturated rings. The van der Waals surface area contributed by atoms with Gasteiger partial charge in [-0.15, -0.1) is 0 Å². The van der Waals surface area contributed by atoms with Crippen molar-refractivity contribution in [3.05, 3.63) is 59.4 Å². The van der Waals surface area contributed by atoms with Crippen molar-refractivity contribution in [1.29, 1.82) is 0 Å². The quantitative estimate of drug-likeness (QED) is 0.832. The fourth-order valence-corrected chi connectivity index (χ4v) is 3.17. The summed E-state index contributed by atoms with van der Waals surface area (Å²) in [6, 6.07) is 10.7. The van der Waals surface area contributed by atoms with Gasteiger partial charge >= 0.3 is 5.97 Å². The summed E-state index contributed by atoms with van der Waals surface area (Å²) in [5, 5.41) is 12.2. The molecule has 1 aliphatic rings. The van der Waals surface area contributed by atoms with Crippen LogP contribution in [0.4, 0.5) is 0 Å². The molecule has 0 spiro atoms. The number of aliphatic carboxylic acids is 1. The van der Waals surface area contributed by atoms with Crippen LogP contribution < -0.4 is 10.1 Å². The second-order valence-corrected chi connectivity index (χ2v) is 6.67. The van der Waals surface area contributed by atoms with Crippen LogP contribution in [0.1, 0.15) is 47.3 Å². The number of amides is 1. The van der Waals surface area contributed by atoms with E-state index in [4.69, 9.17) is 4.74 Å². The van der Waals surface area contributed by atoms with Gasteiger partial charge < -0.3 is 15.2 Å². The molecule has 0 atom stereocenters. The maximum Gasteiger partial charge on any atom is 0.329 e. The number of rotatable bonds is 6. The minimum Gasteiger partial charge on any atom is -0.487 e. The van der Waals surface area contributed by atoms with E-state index in [-0.39, 0.29) is 5.91 Å². The monoisotopic (exact) mass is 354 g/mol. The van der Waals surface area contributed by atoms with Crippen LogP contribution in [0.5, 0.6) is 5.75 Å². The molecule has 1 saturated carbocycles. The van der Waals surface area contributed by atoms with Gasteiger partial charge in [-0.2, -0.15) is 0 Å². The number of aromatic nitrogens is 1. The molecular weight excluding hydrogens is 332 g/mol. The van der Waals surface area contributed by atoms with E-state index in [0.29, 0.717) is 30.8 Å². The number of pyridine rings is 1. The Morgan fingerprint density at radius 1 is 1.23 bits per heavy atom. The molecular formula is C20H22N2O4. The molecule has 26 heavy (non-hydrogen) atoms. The van der Waals surface area contributed by atoms with Crippen LogP contribution in [0.3, 0.4) is 0 Å². The lowest BCUT2D eigenvalue weighted by atomic mass is 9.97. The molecule has 0 aliphatic heterocycles. The highest BCUT2D eigenvalue weighted by atomic mass is 16.5. The molecule has 2 N–H and O–H groups in total. The fourth-order valence-electron chi connectivity index (χ4n) is 3.17. The number of hydrogen-bond donors (Lipinski definition) is 2. The van der Waals surface area contributed by atoms with Crippen molar-refractivity contribution >= 4 is 11.9 Å². The van der Waals surface area contributed by atoms with Crippen LogP contribution in [-0.4, -0.2) is 27.5 Å². The van der Waals surface area contributed by atoms with Gasteiger partial charge in [-0.25, -0.2) is 4.79 Å². The molecule has 1 aromatic carbocycles. The first-order valence-electron chi connectivity index (χ1n) is 8.69. The minimum absolute atomic E-state index is 0.302. The van der Waals surface area contributed by atoms with Crippen LogP contribution in [0.2, 0.25) is 0 Å². The third-order valence-electron chi connectivity index (χ3n) is 4.70. The van der Waals surface area contributed by atoms with E-state index in [1.165, 1.54) is 0 Å². The molecule has 6 nitrogen and oxygen atoms in total. The van der Waals surface area contributed by atoms with Crippen molar-refractivity contribution in [2.24, 2.45) is 0 Å². The van der Waals surface area contributed by atoms with E-state index >= 15 is 0 Å². The van der Waals surface area contributed by atoms with Crippen LogP contribution in [0, 0.1) is 6.92 Å². The maximum absolute atomic E-state index is 12.5. The normalized spacial score (nSPS) is 15.4. The van der Waals surface area contributed by atoms with Crippen molar-refractivity contribution in [2.75, 3.05) is 0 Å². The highest BCUT2D eigenvalue weighted by molar-refractivity contribution is 5.98. The van der Waals surface area contributed by atoms with Gasteiger partial charge in [-0.05, 0) is 49.6 Å². The first-order chi connectivity index (χ1) is 12.5. The minimum atomic E-state index is -1.14. The van der Waals surface area contributed by atoms with E-state index in [9.17, 15) is 14.7 Å². The second kappa shape index (κ2) is 7.56. The molecule has 6 heteroatoms. The number of carbonyl (C=O) groups excluding carboxylic acids is 1.